The average Bonchev–Trinajstić information content (AvgIpc) is 3.20. The van der Waals surface area contributed by atoms with Gasteiger partial charge in [0.15, 0.2) is 0 Å². The van der Waals surface area contributed by atoms with Crippen molar-refractivity contribution in [2.24, 2.45) is 0 Å². The minimum Gasteiger partial charge on any atom is -0.481 e. The van der Waals surface area contributed by atoms with Gasteiger partial charge in [-0.05, 0) is 36.8 Å². The van der Waals surface area contributed by atoms with Crippen LogP contribution in [0.25, 0.3) is 10.9 Å². The molecule has 0 aliphatic carbocycles. The lowest BCUT2D eigenvalue weighted by molar-refractivity contribution is -0.137. The molecule has 7 nitrogen and oxygen atoms in total. The molecule has 1 atom stereocenters. The number of nitrogens with one attached hydrogen (secondary N) is 3. The molecule has 26 heavy (non-hydrogen) atoms. The van der Waals surface area contributed by atoms with Gasteiger partial charge in [-0.15, -0.1) is 0 Å². The van der Waals surface area contributed by atoms with Gasteiger partial charge in [-0.3, -0.25) is 14.4 Å². The van der Waals surface area contributed by atoms with Gasteiger partial charge >= 0.3 is 5.97 Å². The highest BCUT2D eigenvalue weighted by Crippen LogP contribution is 2.30. The Morgan fingerprint density at radius 3 is 2.65 bits per heavy atom. The van der Waals surface area contributed by atoms with Crippen molar-refractivity contribution < 1.29 is 19.5 Å². The molecule has 1 fully saturated rings. The first-order chi connectivity index (χ1) is 12.5. The molecule has 2 heterocycles. The molecule has 0 bridgehead atoms. The molecule has 2 aromatic rings. The third-order valence-corrected chi connectivity index (χ3v) is 4.94. The summed E-state index contributed by atoms with van der Waals surface area (Å²) in [4.78, 5) is 37.9. The molecule has 2 amide bonds. The SMILES string of the molecule is O=C(O)CCC1(CCC(=O)NCc2cc3ccccc3[nH]2)CCC(=O)N1. The van der Waals surface area contributed by atoms with E-state index in [4.69, 9.17) is 5.11 Å². The number of fused-ring (bicyclic) bond motifs is 1. The van der Waals surface area contributed by atoms with Gasteiger partial charge in [0.25, 0.3) is 0 Å². The summed E-state index contributed by atoms with van der Waals surface area (Å²) in [6.07, 6.45) is 2.00. The fourth-order valence-electron chi connectivity index (χ4n) is 3.48. The average molecular weight is 357 g/mol. The molecule has 1 aliphatic heterocycles. The molecule has 138 valence electrons. The number of carbonyl (C=O) groups is 3. The Morgan fingerprint density at radius 1 is 1.19 bits per heavy atom. The molecular formula is C19H23N3O4. The van der Waals surface area contributed by atoms with Gasteiger partial charge in [-0.25, -0.2) is 0 Å². The number of para-hydroxylation sites is 1. The fraction of sp³-hybridized carbons (Fsp3) is 0.421. The zero-order valence-corrected chi connectivity index (χ0v) is 14.5. The number of hydrogen-bond acceptors (Lipinski definition) is 3. The zero-order chi connectivity index (χ0) is 18.6. The Labute approximate surface area is 151 Å². The number of benzene rings is 1. The summed E-state index contributed by atoms with van der Waals surface area (Å²) in [6, 6.07) is 9.90. The number of hydrogen-bond donors (Lipinski definition) is 4. The third-order valence-electron chi connectivity index (χ3n) is 4.94. The summed E-state index contributed by atoms with van der Waals surface area (Å²) >= 11 is 0. The molecule has 7 heteroatoms. The van der Waals surface area contributed by atoms with Crippen LogP contribution in [0.5, 0.6) is 0 Å². The van der Waals surface area contributed by atoms with Crippen LogP contribution in [-0.2, 0) is 20.9 Å². The molecule has 4 N–H and O–H groups in total. The van der Waals surface area contributed by atoms with Crippen LogP contribution < -0.4 is 10.6 Å². The van der Waals surface area contributed by atoms with Crippen molar-refractivity contribution in [3.63, 3.8) is 0 Å². The van der Waals surface area contributed by atoms with Crippen molar-refractivity contribution in [2.75, 3.05) is 0 Å². The number of aromatic amines is 1. The quantitative estimate of drug-likeness (QED) is 0.579. The van der Waals surface area contributed by atoms with Crippen LogP contribution in [-0.4, -0.2) is 33.4 Å². The third kappa shape index (κ3) is 4.41. The van der Waals surface area contributed by atoms with E-state index in [9.17, 15) is 14.4 Å². The van der Waals surface area contributed by atoms with E-state index < -0.39 is 11.5 Å². The highest BCUT2D eigenvalue weighted by atomic mass is 16.4. The Balaban J connectivity index is 1.51. The maximum Gasteiger partial charge on any atom is 0.303 e. The zero-order valence-electron chi connectivity index (χ0n) is 14.5. The van der Waals surface area contributed by atoms with E-state index in [1.54, 1.807) is 0 Å². The lowest BCUT2D eigenvalue weighted by atomic mass is 9.86. The smallest absolute Gasteiger partial charge is 0.303 e. The number of aliphatic carboxylic acids is 1. The summed E-state index contributed by atoms with van der Waals surface area (Å²) in [5, 5.41) is 15.8. The van der Waals surface area contributed by atoms with Crippen LogP contribution in [0.1, 0.15) is 44.2 Å². The summed E-state index contributed by atoms with van der Waals surface area (Å²) in [5.74, 6) is -1.08. The van der Waals surface area contributed by atoms with Crippen molar-refractivity contribution in [2.45, 2.75) is 50.6 Å². The van der Waals surface area contributed by atoms with E-state index in [0.29, 0.717) is 32.2 Å². The van der Waals surface area contributed by atoms with Gasteiger partial charge in [0.05, 0.1) is 6.54 Å². The topological polar surface area (TPSA) is 111 Å². The molecule has 0 spiro atoms. The number of carboxylic acid groups (broad SMARTS) is 1. The van der Waals surface area contributed by atoms with Gasteiger partial charge in [0, 0.05) is 36.0 Å². The largest absolute Gasteiger partial charge is 0.481 e. The molecule has 1 aromatic carbocycles. The van der Waals surface area contributed by atoms with E-state index in [2.05, 4.69) is 15.6 Å². The first-order valence-corrected chi connectivity index (χ1v) is 8.82. The minimum atomic E-state index is -0.895. The molecule has 1 unspecified atom stereocenters. The highest BCUT2D eigenvalue weighted by Gasteiger charge is 2.37. The molecule has 0 radical (unpaired) electrons. The Kier molecular flexibility index (Phi) is 5.25. The molecule has 1 aromatic heterocycles. The first-order valence-electron chi connectivity index (χ1n) is 8.82. The monoisotopic (exact) mass is 357 g/mol. The number of aromatic nitrogens is 1. The summed E-state index contributed by atoms with van der Waals surface area (Å²) in [6.45, 7) is 0.405. The van der Waals surface area contributed by atoms with Crippen molar-refractivity contribution in [3.05, 3.63) is 36.0 Å². The van der Waals surface area contributed by atoms with Crippen LogP contribution in [0.2, 0.25) is 0 Å². The van der Waals surface area contributed by atoms with E-state index in [0.717, 1.165) is 16.6 Å². The maximum absolute atomic E-state index is 12.2. The number of carboxylic acids is 1. The molecule has 0 saturated carbocycles. The van der Waals surface area contributed by atoms with E-state index in [1.807, 2.05) is 30.3 Å². The second-order valence-electron chi connectivity index (χ2n) is 6.88. The van der Waals surface area contributed by atoms with Crippen molar-refractivity contribution >= 4 is 28.7 Å². The van der Waals surface area contributed by atoms with Crippen molar-refractivity contribution in [3.8, 4) is 0 Å². The molecular weight excluding hydrogens is 334 g/mol. The van der Waals surface area contributed by atoms with E-state index in [1.165, 1.54) is 0 Å². The predicted octanol–water partition coefficient (Wildman–Crippen LogP) is 2.08. The van der Waals surface area contributed by atoms with Crippen molar-refractivity contribution in [1.82, 2.24) is 15.6 Å². The Bertz CT molecular complexity index is 796. The van der Waals surface area contributed by atoms with Gasteiger partial charge in [0.1, 0.15) is 0 Å². The highest BCUT2D eigenvalue weighted by molar-refractivity contribution is 5.81. The normalized spacial score (nSPS) is 19.5. The van der Waals surface area contributed by atoms with E-state index in [-0.39, 0.29) is 24.7 Å². The van der Waals surface area contributed by atoms with Crippen LogP contribution in [0, 0.1) is 0 Å². The Hall–Kier alpha value is -2.83. The number of amides is 2. The first kappa shape index (κ1) is 18.0. The second kappa shape index (κ2) is 7.59. The maximum atomic E-state index is 12.2. The minimum absolute atomic E-state index is 0.0169. The lowest BCUT2D eigenvalue weighted by Crippen LogP contribution is -2.43. The van der Waals surface area contributed by atoms with Crippen LogP contribution in [0.15, 0.2) is 30.3 Å². The summed E-state index contributed by atoms with van der Waals surface area (Å²) in [5.41, 5.74) is 1.38. The van der Waals surface area contributed by atoms with Crippen LogP contribution >= 0.6 is 0 Å². The standard InChI is InChI=1S/C19H23N3O4/c23-16(20-12-14-11-13-3-1-2-4-15(13)21-14)5-8-19(10-7-18(25)26)9-6-17(24)22-19/h1-4,11,21H,5-10,12H2,(H,20,23)(H,22,24)(H,25,26). The lowest BCUT2D eigenvalue weighted by Gasteiger charge is -2.28. The number of H-pyrrole nitrogens is 1. The molecule has 1 aliphatic rings. The van der Waals surface area contributed by atoms with Crippen LogP contribution in [0.4, 0.5) is 0 Å². The summed E-state index contributed by atoms with van der Waals surface area (Å²) < 4.78 is 0. The molecule has 3 rings (SSSR count). The number of carbonyl (C=O) groups excluding carboxylic acids is 2. The fourth-order valence-corrected chi connectivity index (χ4v) is 3.48. The molecule has 1 saturated heterocycles. The van der Waals surface area contributed by atoms with E-state index >= 15 is 0 Å². The van der Waals surface area contributed by atoms with Gasteiger partial charge in [0.2, 0.25) is 11.8 Å². The van der Waals surface area contributed by atoms with Gasteiger partial charge in [-0.1, -0.05) is 18.2 Å². The predicted molar refractivity (Wildman–Crippen MR) is 96.4 cm³/mol. The summed E-state index contributed by atoms with van der Waals surface area (Å²) in [7, 11) is 0. The Morgan fingerprint density at radius 2 is 1.96 bits per heavy atom. The van der Waals surface area contributed by atoms with Gasteiger partial charge < -0.3 is 20.7 Å². The van der Waals surface area contributed by atoms with Crippen molar-refractivity contribution in [1.29, 1.82) is 0 Å². The second-order valence-corrected chi connectivity index (χ2v) is 6.88. The van der Waals surface area contributed by atoms with Gasteiger partial charge in [-0.2, -0.15) is 0 Å². The van der Waals surface area contributed by atoms with Crippen LogP contribution in [0.3, 0.4) is 0 Å². The number of rotatable bonds is 8.